The number of piperidine rings is 1. The first-order chi connectivity index (χ1) is 9.31. The van der Waals surface area contributed by atoms with Gasteiger partial charge in [0.05, 0.1) is 6.33 Å². The molecule has 2 rings (SSSR count). The van der Waals surface area contributed by atoms with Crippen LogP contribution in [-0.2, 0) is 11.3 Å². The Labute approximate surface area is 114 Å². The Kier molecular flexibility index (Phi) is 5.39. The van der Waals surface area contributed by atoms with E-state index in [0.717, 1.165) is 32.6 Å². The third kappa shape index (κ3) is 4.06. The quantitative estimate of drug-likeness (QED) is 0.813. The van der Waals surface area contributed by atoms with Crippen molar-refractivity contribution in [2.45, 2.75) is 45.1 Å². The molecule has 1 unspecified atom stereocenters. The minimum atomic E-state index is 0.128. The Morgan fingerprint density at radius 2 is 2.53 bits per heavy atom. The minimum absolute atomic E-state index is 0.128. The van der Waals surface area contributed by atoms with E-state index in [1.165, 1.54) is 18.5 Å². The zero-order valence-corrected chi connectivity index (χ0v) is 11.7. The van der Waals surface area contributed by atoms with E-state index < -0.39 is 0 Å². The summed E-state index contributed by atoms with van der Waals surface area (Å²) in [5.74, 6) is 0.665. The third-order valence-corrected chi connectivity index (χ3v) is 3.61. The molecule has 0 spiro atoms. The van der Waals surface area contributed by atoms with Crippen LogP contribution in [0.15, 0.2) is 12.5 Å². The van der Waals surface area contributed by atoms with Gasteiger partial charge in [0.1, 0.15) is 0 Å². The summed E-state index contributed by atoms with van der Waals surface area (Å²) in [5, 5.41) is 6.33. The van der Waals surface area contributed by atoms with Crippen LogP contribution < -0.4 is 10.6 Å². The molecule has 0 aliphatic carbocycles. The minimum Gasteiger partial charge on any atom is -0.356 e. The normalized spacial score (nSPS) is 19.3. The second-order valence-electron chi connectivity index (χ2n) is 5.16. The maximum Gasteiger partial charge on any atom is 0.221 e. The molecular weight excluding hydrogens is 240 g/mol. The van der Waals surface area contributed by atoms with E-state index in [9.17, 15) is 4.79 Å². The number of hydrogen-bond acceptors (Lipinski definition) is 3. The van der Waals surface area contributed by atoms with Gasteiger partial charge in [-0.25, -0.2) is 4.98 Å². The van der Waals surface area contributed by atoms with Gasteiger partial charge in [0.25, 0.3) is 0 Å². The second-order valence-corrected chi connectivity index (χ2v) is 5.16. The highest BCUT2D eigenvalue weighted by molar-refractivity contribution is 5.75. The van der Waals surface area contributed by atoms with E-state index >= 15 is 0 Å². The Balaban J connectivity index is 1.86. The van der Waals surface area contributed by atoms with Crippen molar-refractivity contribution >= 4 is 5.91 Å². The maximum absolute atomic E-state index is 11.6. The fourth-order valence-corrected chi connectivity index (χ4v) is 2.54. The Morgan fingerprint density at radius 1 is 1.63 bits per heavy atom. The SMILES string of the molecule is CCCNC(=O)CCn1cncc1C1CCCNC1. The molecule has 5 heteroatoms. The van der Waals surface area contributed by atoms with Crippen molar-refractivity contribution in [3.63, 3.8) is 0 Å². The molecule has 5 nitrogen and oxygen atoms in total. The van der Waals surface area contributed by atoms with E-state index in [1.54, 1.807) is 0 Å². The van der Waals surface area contributed by atoms with Crippen molar-refractivity contribution < 1.29 is 4.79 Å². The number of aryl methyl sites for hydroxylation is 1. The molecule has 1 fully saturated rings. The van der Waals surface area contributed by atoms with E-state index in [2.05, 4.69) is 27.1 Å². The van der Waals surface area contributed by atoms with Gasteiger partial charge in [-0.2, -0.15) is 0 Å². The van der Waals surface area contributed by atoms with Gasteiger partial charge in [0.2, 0.25) is 5.91 Å². The number of imidazole rings is 1. The summed E-state index contributed by atoms with van der Waals surface area (Å²) in [6.07, 6.45) is 7.73. The molecule has 106 valence electrons. The van der Waals surface area contributed by atoms with Gasteiger partial charge in [-0.3, -0.25) is 4.79 Å². The van der Waals surface area contributed by atoms with Crippen LogP contribution in [0.4, 0.5) is 0 Å². The third-order valence-electron chi connectivity index (χ3n) is 3.61. The summed E-state index contributed by atoms with van der Waals surface area (Å²) in [5.41, 5.74) is 1.26. The van der Waals surface area contributed by atoms with Crippen LogP contribution in [0.1, 0.15) is 44.2 Å². The number of nitrogens with zero attached hydrogens (tertiary/aromatic N) is 2. The summed E-state index contributed by atoms with van der Waals surface area (Å²) in [6, 6.07) is 0. The predicted octanol–water partition coefficient (Wildman–Crippen LogP) is 1.27. The van der Waals surface area contributed by atoms with Crippen LogP contribution in [0.5, 0.6) is 0 Å². The zero-order chi connectivity index (χ0) is 13.5. The summed E-state index contributed by atoms with van der Waals surface area (Å²) >= 11 is 0. The standard InChI is InChI=1S/C14H24N4O/c1-2-6-17-14(19)5-8-18-11-16-10-13(18)12-4-3-7-15-9-12/h10-12,15H,2-9H2,1H3,(H,17,19). The molecule has 2 heterocycles. The first-order valence-corrected chi connectivity index (χ1v) is 7.28. The summed E-state index contributed by atoms with van der Waals surface area (Å²) in [6.45, 7) is 5.69. The molecule has 2 N–H and O–H groups in total. The van der Waals surface area contributed by atoms with Gasteiger partial charge < -0.3 is 15.2 Å². The van der Waals surface area contributed by atoms with Crippen molar-refractivity contribution in [1.29, 1.82) is 0 Å². The van der Waals surface area contributed by atoms with Crippen molar-refractivity contribution in [3.8, 4) is 0 Å². The molecule has 0 aromatic carbocycles. The molecule has 1 atom stereocenters. The molecule has 0 radical (unpaired) electrons. The fraction of sp³-hybridized carbons (Fsp3) is 0.714. The number of amides is 1. The van der Waals surface area contributed by atoms with Gasteiger partial charge in [0.15, 0.2) is 0 Å². The lowest BCUT2D eigenvalue weighted by Crippen LogP contribution is -2.30. The second kappa shape index (κ2) is 7.28. The number of rotatable bonds is 6. The molecule has 1 saturated heterocycles. The predicted molar refractivity (Wildman–Crippen MR) is 75.0 cm³/mol. The maximum atomic E-state index is 11.6. The summed E-state index contributed by atoms with van der Waals surface area (Å²) in [4.78, 5) is 15.9. The average Bonchev–Trinajstić information content (AvgIpc) is 2.92. The van der Waals surface area contributed by atoms with Crippen LogP contribution in [0.25, 0.3) is 0 Å². The molecule has 1 aliphatic heterocycles. The molecule has 1 amide bonds. The van der Waals surface area contributed by atoms with Crippen molar-refractivity contribution in [2.75, 3.05) is 19.6 Å². The van der Waals surface area contributed by atoms with Crippen LogP contribution in [0.2, 0.25) is 0 Å². The molecule has 1 aliphatic rings. The van der Waals surface area contributed by atoms with Crippen LogP contribution in [-0.4, -0.2) is 35.1 Å². The fourth-order valence-electron chi connectivity index (χ4n) is 2.54. The Morgan fingerprint density at radius 3 is 3.26 bits per heavy atom. The van der Waals surface area contributed by atoms with Crippen LogP contribution >= 0.6 is 0 Å². The molecule has 1 aromatic rings. The lowest BCUT2D eigenvalue weighted by molar-refractivity contribution is -0.121. The largest absolute Gasteiger partial charge is 0.356 e. The number of hydrogen-bond donors (Lipinski definition) is 2. The summed E-state index contributed by atoms with van der Waals surface area (Å²) < 4.78 is 2.13. The number of carbonyl (C=O) groups excluding carboxylic acids is 1. The topological polar surface area (TPSA) is 59.0 Å². The van der Waals surface area contributed by atoms with Crippen molar-refractivity contribution in [2.24, 2.45) is 0 Å². The number of nitrogens with one attached hydrogen (secondary N) is 2. The first-order valence-electron chi connectivity index (χ1n) is 7.28. The zero-order valence-electron chi connectivity index (χ0n) is 11.7. The monoisotopic (exact) mass is 264 g/mol. The molecule has 0 saturated carbocycles. The van der Waals surface area contributed by atoms with Crippen molar-refractivity contribution in [1.82, 2.24) is 20.2 Å². The lowest BCUT2D eigenvalue weighted by Gasteiger charge is -2.23. The van der Waals surface area contributed by atoms with E-state index in [4.69, 9.17) is 0 Å². The number of carbonyl (C=O) groups is 1. The average molecular weight is 264 g/mol. The first kappa shape index (κ1) is 14.1. The van der Waals surface area contributed by atoms with Crippen molar-refractivity contribution in [3.05, 3.63) is 18.2 Å². The van der Waals surface area contributed by atoms with E-state index in [0.29, 0.717) is 12.3 Å². The van der Waals surface area contributed by atoms with Crippen LogP contribution in [0, 0.1) is 0 Å². The highest BCUT2D eigenvalue weighted by Crippen LogP contribution is 2.22. The highest BCUT2D eigenvalue weighted by atomic mass is 16.1. The summed E-state index contributed by atoms with van der Waals surface area (Å²) in [7, 11) is 0. The molecule has 19 heavy (non-hydrogen) atoms. The van der Waals surface area contributed by atoms with Gasteiger partial charge in [0, 0.05) is 43.9 Å². The lowest BCUT2D eigenvalue weighted by atomic mass is 9.96. The van der Waals surface area contributed by atoms with Gasteiger partial charge in [-0.15, -0.1) is 0 Å². The smallest absolute Gasteiger partial charge is 0.221 e. The van der Waals surface area contributed by atoms with E-state index in [1.807, 2.05) is 12.5 Å². The molecule has 1 aromatic heterocycles. The number of aromatic nitrogens is 2. The van der Waals surface area contributed by atoms with Gasteiger partial charge >= 0.3 is 0 Å². The van der Waals surface area contributed by atoms with Gasteiger partial charge in [-0.1, -0.05) is 6.92 Å². The highest BCUT2D eigenvalue weighted by Gasteiger charge is 2.18. The molecule has 0 bridgehead atoms. The van der Waals surface area contributed by atoms with Gasteiger partial charge in [-0.05, 0) is 25.8 Å². The molecular formula is C14H24N4O. The Bertz CT molecular complexity index is 396. The van der Waals surface area contributed by atoms with Crippen LogP contribution in [0.3, 0.4) is 0 Å². The van der Waals surface area contributed by atoms with E-state index in [-0.39, 0.29) is 5.91 Å². The Hall–Kier alpha value is -1.36.